The van der Waals surface area contributed by atoms with E-state index in [1.54, 1.807) is 0 Å². The van der Waals surface area contributed by atoms with Crippen LogP contribution >= 0.6 is 0 Å². The minimum Gasteiger partial charge on any atom is -0.507 e. The third-order valence-electron chi connectivity index (χ3n) is 5.22. The van der Waals surface area contributed by atoms with Crippen molar-refractivity contribution in [2.24, 2.45) is 0 Å². The molecule has 0 bridgehead atoms. The van der Waals surface area contributed by atoms with Crippen LogP contribution in [0, 0.1) is 20.8 Å². The lowest BCUT2D eigenvalue weighted by Crippen LogP contribution is -2.06. The van der Waals surface area contributed by atoms with Crippen LogP contribution in [0.5, 0.6) is 11.5 Å². The van der Waals surface area contributed by atoms with Crippen LogP contribution in [-0.2, 0) is 4.79 Å². The molecule has 2 aromatic carbocycles. The average molecular weight is 356 g/mol. The van der Waals surface area contributed by atoms with Crippen molar-refractivity contribution in [1.82, 2.24) is 0 Å². The van der Waals surface area contributed by atoms with E-state index < -0.39 is 5.97 Å². The summed E-state index contributed by atoms with van der Waals surface area (Å²) in [5.41, 5.74) is 3.98. The Morgan fingerprint density at radius 2 is 1.50 bits per heavy atom. The van der Waals surface area contributed by atoms with Crippen LogP contribution < -0.4 is 0 Å². The SMILES string of the molecule is Cc1c(C)c(O)c([C@H](CCCCCC(=O)O)c2ccccc2)c(C)c1O. The highest BCUT2D eigenvalue weighted by Gasteiger charge is 2.24. The van der Waals surface area contributed by atoms with Crippen LogP contribution in [0.25, 0.3) is 0 Å². The highest BCUT2D eigenvalue weighted by Crippen LogP contribution is 2.44. The molecule has 0 saturated heterocycles. The largest absolute Gasteiger partial charge is 0.507 e. The maximum Gasteiger partial charge on any atom is 0.303 e. The molecule has 140 valence electrons. The molecule has 4 heteroatoms. The molecule has 26 heavy (non-hydrogen) atoms. The zero-order valence-electron chi connectivity index (χ0n) is 15.7. The van der Waals surface area contributed by atoms with Crippen LogP contribution in [0.2, 0.25) is 0 Å². The summed E-state index contributed by atoms with van der Waals surface area (Å²) in [5, 5.41) is 30.1. The fourth-order valence-corrected chi connectivity index (χ4v) is 3.53. The zero-order valence-corrected chi connectivity index (χ0v) is 15.7. The Morgan fingerprint density at radius 3 is 2.12 bits per heavy atom. The van der Waals surface area contributed by atoms with Gasteiger partial charge in [-0.3, -0.25) is 4.79 Å². The maximum atomic E-state index is 10.8. The number of benzene rings is 2. The molecule has 1 atom stereocenters. The van der Waals surface area contributed by atoms with Crippen molar-refractivity contribution in [2.45, 2.75) is 58.8 Å². The monoisotopic (exact) mass is 356 g/mol. The summed E-state index contributed by atoms with van der Waals surface area (Å²) in [7, 11) is 0. The van der Waals surface area contributed by atoms with Gasteiger partial charge in [-0.05, 0) is 55.9 Å². The van der Waals surface area contributed by atoms with Crippen molar-refractivity contribution in [3.8, 4) is 11.5 Å². The van der Waals surface area contributed by atoms with E-state index in [4.69, 9.17) is 5.11 Å². The lowest BCUT2D eigenvalue weighted by atomic mass is 9.82. The van der Waals surface area contributed by atoms with Gasteiger partial charge in [-0.1, -0.05) is 43.2 Å². The molecule has 0 aliphatic rings. The predicted octanol–water partition coefficient (Wildman–Crippen LogP) is 5.19. The number of carboxylic acids is 1. The predicted molar refractivity (Wildman–Crippen MR) is 103 cm³/mol. The van der Waals surface area contributed by atoms with E-state index >= 15 is 0 Å². The Balaban J connectivity index is 2.35. The molecule has 0 unspecified atom stereocenters. The fourth-order valence-electron chi connectivity index (χ4n) is 3.53. The van der Waals surface area contributed by atoms with Gasteiger partial charge >= 0.3 is 5.97 Å². The summed E-state index contributed by atoms with van der Waals surface area (Å²) in [6.45, 7) is 5.48. The number of aromatic hydroxyl groups is 2. The Hall–Kier alpha value is -2.49. The molecule has 0 aliphatic heterocycles. The number of hydrogen-bond donors (Lipinski definition) is 3. The molecule has 0 radical (unpaired) electrons. The van der Waals surface area contributed by atoms with Gasteiger partial charge in [0, 0.05) is 17.9 Å². The van der Waals surface area contributed by atoms with E-state index in [9.17, 15) is 15.0 Å². The van der Waals surface area contributed by atoms with Crippen molar-refractivity contribution in [3.63, 3.8) is 0 Å². The maximum absolute atomic E-state index is 10.8. The minimum atomic E-state index is -0.767. The molecule has 2 rings (SSSR count). The number of hydrogen-bond acceptors (Lipinski definition) is 3. The van der Waals surface area contributed by atoms with Gasteiger partial charge < -0.3 is 15.3 Å². The number of aliphatic carboxylic acids is 1. The third kappa shape index (κ3) is 4.37. The topological polar surface area (TPSA) is 77.8 Å². The highest BCUT2D eigenvalue weighted by atomic mass is 16.4. The van der Waals surface area contributed by atoms with E-state index in [1.165, 1.54) is 0 Å². The molecule has 4 nitrogen and oxygen atoms in total. The van der Waals surface area contributed by atoms with Crippen LogP contribution in [0.15, 0.2) is 30.3 Å². The highest BCUT2D eigenvalue weighted by molar-refractivity contribution is 5.66. The lowest BCUT2D eigenvalue weighted by Gasteiger charge is -2.24. The molecule has 0 aromatic heterocycles. The molecule has 0 spiro atoms. The second-order valence-corrected chi connectivity index (χ2v) is 6.94. The molecule has 3 N–H and O–H groups in total. The molecule has 0 amide bonds. The van der Waals surface area contributed by atoms with Gasteiger partial charge in [0.2, 0.25) is 0 Å². The minimum absolute atomic E-state index is 0.0359. The second kappa shape index (κ2) is 8.75. The molecule has 0 aliphatic carbocycles. The number of phenolic OH excluding ortho intramolecular Hbond substituents is 2. The van der Waals surface area contributed by atoms with E-state index in [1.807, 2.05) is 51.1 Å². The molecule has 0 fully saturated rings. The number of rotatable bonds is 8. The molecular weight excluding hydrogens is 328 g/mol. The number of carboxylic acid groups (broad SMARTS) is 1. The smallest absolute Gasteiger partial charge is 0.303 e. The van der Waals surface area contributed by atoms with E-state index in [2.05, 4.69) is 0 Å². The molecule has 2 aromatic rings. The first kappa shape index (κ1) is 19.8. The Bertz CT molecular complexity index is 736. The van der Waals surface area contributed by atoms with E-state index in [0.29, 0.717) is 23.1 Å². The number of unbranched alkanes of at least 4 members (excludes halogenated alkanes) is 2. The summed E-state index contributed by atoms with van der Waals surface area (Å²) in [6, 6.07) is 9.97. The number of carbonyl (C=O) groups is 1. The van der Waals surface area contributed by atoms with Crippen LogP contribution in [0.4, 0.5) is 0 Å². The number of phenols is 2. The standard InChI is InChI=1S/C22H28O4/c1-14-15(2)22(26)20(16(3)21(14)25)18(17-10-6-4-7-11-17)12-8-5-9-13-19(23)24/h4,6-7,10-11,18,25-26H,5,8-9,12-13H2,1-3H3,(H,23,24)/t18-/m1/s1. The third-order valence-corrected chi connectivity index (χ3v) is 5.22. The first-order chi connectivity index (χ1) is 12.3. The van der Waals surface area contributed by atoms with Crippen LogP contribution in [0.1, 0.15) is 65.8 Å². The Morgan fingerprint density at radius 1 is 0.885 bits per heavy atom. The van der Waals surface area contributed by atoms with Gasteiger partial charge in [0.15, 0.2) is 0 Å². The fraction of sp³-hybridized carbons (Fsp3) is 0.409. The van der Waals surface area contributed by atoms with Crippen molar-refractivity contribution in [1.29, 1.82) is 0 Å². The first-order valence-electron chi connectivity index (χ1n) is 9.12. The average Bonchev–Trinajstić information content (AvgIpc) is 2.63. The van der Waals surface area contributed by atoms with Crippen LogP contribution in [-0.4, -0.2) is 21.3 Å². The summed E-state index contributed by atoms with van der Waals surface area (Å²) in [4.78, 5) is 10.7. The van der Waals surface area contributed by atoms with Crippen molar-refractivity contribution in [2.75, 3.05) is 0 Å². The van der Waals surface area contributed by atoms with E-state index in [-0.39, 0.29) is 23.8 Å². The zero-order chi connectivity index (χ0) is 19.3. The molecular formula is C22H28O4. The summed E-state index contributed by atoms with van der Waals surface area (Å²) in [5.74, 6) is -0.317. The van der Waals surface area contributed by atoms with Gasteiger partial charge in [0.05, 0.1) is 0 Å². The summed E-state index contributed by atoms with van der Waals surface area (Å²) >= 11 is 0. The quantitative estimate of drug-likeness (QED) is 0.449. The second-order valence-electron chi connectivity index (χ2n) is 6.94. The van der Waals surface area contributed by atoms with Gasteiger partial charge in [0.1, 0.15) is 11.5 Å². The van der Waals surface area contributed by atoms with Gasteiger partial charge in [0.25, 0.3) is 0 Å². The van der Waals surface area contributed by atoms with Crippen molar-refractivity contribution in [3.05, 3.63) is 58.1 Å². The van der Waals surface area contributed by atoms with Crippen molar-refractivity contribution >= 4 is 5.97 Å². The van der Waals surface area contributed by atoms with Crippen LogP contribution in [0.3, 0.4) is 0 Å². The first-order valence-corrected chi connectivity index (χ1v) is 9.12. The Labute approximate surface area is 155 Å². The van der Waals surface area contributed by atoms with Gasteiger partial charge in [-0.15, -0.1) is 0 Å². The van der Waals surface area contributed by atoms with E-state index in [0.717, 1.165) is 30.4 Å². The molecule has 0 heterocycles. The molecule has 0 saturated carbocycles. The summed E-state index contributed by atoms with van der Waals surface area (Å²) in [6.07, 6.45) is 3.32. The summed E-state index contributed by atoms with van der Waals surface area (Å²) < 4.78 is 0. The van der Waals surface area contributed by atoms with Crippen molar-refractivity contribution < 1.29 is 20.1 Å². The lowest BCUT2D eigenvalue weighted by molar-refractivity contribution is -0.137. The van der Waals surface area contributed by atoms with Gasteiger partial charge in [-0.25, -0.2) is 0 Å². The van der Waals surface area contributed by atoms with Gasteiger partial charge in [-0.2, -0.15) is 0 Å². The normalized spacial score (nSPS) is 12.1. The Kier molecular flexibility index (Phi) is 6.67.